The van der Waals surface area contributed by atoms with E-state index in [1.54, 1.807) is 6.07 Å². The Morgan fingerprint density at radius 3 is 2.67 bits per heavy atom. The van der Waals surface area contributed by atoms with Crippen LogP contribution in [0.15, 0.2) is 70.8 Å². The number of aliphatic imine (C=N–C) groups is 1. The van der Waals surface area contributed by atoms with Gasteiger partial charge in [-0.2, -0.15) is 0 Å². The van der Waals surface area contributed by atoms with E-state index in [0.29, 0.717) is 6.61 Å². The lowest BCUT2D eigenvalue weighted by Crippen LogP contribution is -2.40. The van der Waals surface area contributed by atoms with Crippen LogP contribution in [0.25, 0.3) is 0 Å². The Labute approximate surface area is 215 Å². The number of benzene rings is 1. The maximum Gasteiger partial charge on any atom is 0.515 e. The highest BCUT2D eigenvalue weighted by molar-refractivity contribution is 5.80. The van der Waals surface area contributed by atoms with Crippen molar-refractivity contribution in [3.05, 3.63) is 82.6 Å². The fourth-order valence-corrected chi connectivity index (χ4v) is 5.52. The number of ether oxygens (including phenoxy) is 2. The minimum atomic E-state index is -0.686. The highest BCUT2D eigenvalue weighted by Crippen LogP contribution is 2.52. The summed E-state index contributed by atoms with van der Waals surface area (Å²) in [6.07, 6.45) is 14.2. The van der Waals surface area contributed by atoms with Crippen molar-refractivity contribution in [3.8, 4) is 5.88 Å². The number of hydrogen-bond donors (Lipinski definition) is 0. The molecule has 0 aliphatic heterocycles. The number of nitrogens with zero attached hydrogens (tertiary/aromatic N) is 2. The van der Waals surface area contributed by atoms with E-state index in [1.807, 2.05) is 30.5 Å². The zero-order valence-electron chi connectivity index (χ0n) is 21.8. The SMILES string of the molecule is CC=C1C2C=C(C)CC1(N=Cc1ccccc1)c1ccc(OC(=O)OCCCCCCCC)nc1C2. The van der Waals surface area contributed by atoms with Crippen molar-refractivity contribution in [1.82, 2.24) is 4.98 Å². The van der Waals surface area contributed by atoms with Crippen LogP contribution in [0.1, 0.15) is 82.5 Å². The molecule has 0 saturated heterocycles. The summed E-state index contributed by atoms with van der Waals surface area (Å²) in [6, 6.07) is 14.0. The van der Waals surface area contributed by atoms with Crippen LogP contribution in [0, 0.1) is 5.92 Å². The number of fused-ring (bicyclic) bond motifs is 4. The molecule has 1 aromatic heterocycles. The molecule has 36 heavy (non-hydrogen) atoms. The smallest absolute Gasteiger partial charge is 0.434 e. The number of rotatable bonds is 10. The summed E-state index contributed by atoms with van der Waals surface area (Å²) < 4.78 is 10.7. The Hall–Kier alpha value is -3.21. The first-order valence-corrected chi connectivity index (χ1v) is 13.3. The minimum Gasteiger partial charge on any atom is -0.434 e. The summed E-state index contributed by atoms with van der Waals surface area (Å²) in [6.45, 7) is 6.86. The highest BCUT2D eigenvalue weighted by atomic mass is 16.7. The number of carbonyl (C=O) groups is 1. The number of aromatic nitrogens is 1. The second-order valence-corrected chi connectivity index (χ2v) is 9.89. The van der Waals surface area contributed by atoms with E-state index in [-0.39, 0.29) is 11.8 Å². The number of hydrogen-bond acceptors (Lipinski definition) is 5. The first kappa shape index (κ1) is 25.9. The summed E-state index contributed by atoms with van der Waals surface area (Å²) >= 11 is 0. The lowest BCUT2D eigenvalue weighted by Gasteiger charge is -2.45. The van der Waals surface area contributed by atoms with Crippen LogP contribution in [0.4, 0.5) is 4.79 Å². The van der Waals surface area contributed by atoms with Gasteiger partial charge in [-0.1, -0.05) is 87.1 Å². The Morgan fingerprint density at radius 2 is 1.89 bits per heavy atom. The lowest BCUT2D eigenvalue weighted by molar-refractivity contribution is 0.0956. The highest BCUT2D eigenvalue weighted by Gasteiger charge is 2.46. The summed E-state index contributed by atoms with van der Waals surface area (Å²) in [5.74, 6) is 0.512. The fourth-order valence-electron chi connectivity index (χ4n) is 5.52. The van der Waals surface area contributed by atoms with E-state index in [2.05, 4.69) is 45.1 Å². The van der Waals surface area contributed by atoms with Gasteiger partial charge < -0.3 is 9.47 Å². The predicted molar refractivity (Wildman–Crippen MR) is 145 cm³/mol. The second kappa shape index (κ2) is 12.2. The molecule has 0 amide bonds. The van der Waals surface area contributed by atoms with Gasteiger partial charge >= 0.3 is 6.16 Å². The summed E-state index contributed by atoms with van der Waals surface area (Å²) in [4.78, 5) is 22.2. The van der Waals surface area contributed by atoms with Crippen LogP contribution >= 0.6 is 0 Å². The molecule has 1 heterocycles. The first-order chi connectivity index (χ1) is 17.6. The summed E-state index contributed by atoms with van der Waals surface area (Å²) in [5, 5.41) is 0. The molecular weight excluding hydrogens is 448 g/mol. The van der Waals surface area contributed by atoms with Gasteiger partial charge in [0.25, 0.3) is 0 Å². The molecule has 0 spiro atoms. The van der Waals surface area contributed by atoms with Crippen molar-refractivity contribution in [2.75, 3.05) is 6.61 Å². The van der Waals surface area contributed by atoms with Crippen LogP contribution < -0.4 is 4.74 Å². The summed E-state index contributed by atoms with van der Waals surface area (Å²) in [7, 11) is 0. The maximum absolute atomic E-state index is 12.2. The van der Waals surface area contributed by atoms with Crippen LogP contribution in [-0.2, 0) is 16.7 Å². The quantitative estimate of drug-likeness (QED) is 0.149. The third-order valence-electron chi connectivity index (χ3n) is 7.16. The normalized spacial score (nSPS) is 21.8. The number of unbranched alkanes of at least 4 members (excludes halogenated alkanes) is 5. The van der Waals surface area contributed by atoms with Gasteiger partial charge in [0, 0.05) is 36.6 Å². The van der Waals surface area contributed by atoms with Crippen molar-refractivity contribution in [2.45, 2.75) is 77.7 Å². The average Bonchev–Trinajstić information content (AvgIpc) is 2.87. The van der Waals surface area contributed by atoms with E-state index >= 15 is 0 Å². The van der Waals surface area contributed by atoms with Crippen molar-refractivity contribution in [3.63, 3.8) is 0 Å². The predicted octanol–water partition coefficient (Wildman–Crippen LogP) is 7.74. The molecule has 2 aliphatic carbocycles. The van der Waals surface area contributed by atoms with Gasteiger partial charge in [0.2, 0.25) is 5.88 Å². The molecule has 0 saturated carbocycles. The van der Waals surface area contributed by atoms with E-state index in [0.717, 1.165) is 42.5 Å². The lowest BCUT2D eigenvalue weighted by atomic mass is 9.63. The second-order valence-electron chi connectivity index (χ2n) is 9.89. The van der Waals surface area contributed by atoms with E-state index in [1.165, 1.54) is 36.8 Å². The number of pyridine rings is 1. The minimum absolute atomic E-state index is 0.228. The third-order valence-corrected chi connectivity index (χ3v) is 7.16. The van der Waals surface area contributed by atoms with Gasteiger partial charge in [0.15, 0.2) is 0 Å². The van der Waals surface area contributed by atoms with Gasteiger partial charge in [0.05, 0.1) is 12.3 Å². The average molecular weight is 487 g/mol. The van der Waals surface area contributed by atoms with Gasteiger partial charge in [-0.25, -0.2) is 9.78 Å². The van der Waals surface area contributed by atoms with Crippen molar-refractivity contribution >= 4 is 12.4 Å². The molecule has 2 aromatic rings. The van der Waals surface area contributed by atoms with Crippen molar-refractivity contribution in [2.24, 2.45) is 10.9 Å². The largest absolute Gasteiger partial charge is 0.515 e. The first-order valence-electron chi connectivity index (χ1n) is 13.3. The zero-order valence-corrected chi connectivity index (χ0v) is 21.8. The van der Waals surface area contributed by atoms with Gasteiger partial charge in [-0.05, 0) is 37.5 Å². The molecule has 4 rings (SSSR count). The Morgan fingerprint density at radius 1 is 1.11 bits per heavy atom. The molecule has 2 bridgehead atoms. The monoisotopic (exact) mass is 486 g/mol. The molecule has 2 aliphatic rings. The van der Waals surface area contributed by atoms with E-state index in [9.17, 15) is 4.79 Å². The Bertz CT molecular complexity index is 1140. The molecule has 190 valence electrons. The van der Waals surface area contributed by atoms with E-state index < -0.39 is 11.7 Å². The standard InChI is InChI=1S/C31H38N2O3/c1-4-6-7-8-9-13-18-35-30(34)36-29-17-16-27-28(33-29)20-25-19-23(3)21-31(27,26(25)5-2)32-22-24-14-11-10-12-15-24/h5,10-12,14-17,19,22,25H,4,6-9,13,18,20-21H2,1-3H3. The molecule has 5 heteroatoms. The third kappa shape index (κ3) is 5.95. The molecule has 2 atom stereocenters. The van der Waals surface area contributed by atoms with Crippen molar-refractivity contribution < 1.29 is 14.3 Å². The molecule has 5 nitrogen and oxygen atoms in total. The Balaban J connectivity index is 1.50. The van der Waals surface area contributed by atoms with Gasteiger partial charge in [-0.3, -0.25) is 4.99 Å². The summed E-state index contributed by atoms with van der Waals surface area (Å²) in [5.41, 5.74) is 5.23. The maximum atomic E-state index is 12.2. The van der Waals surface area contributed by atoms with Gasteiger partial charge in [-0.15, -0.1) is 0 Å². The number of carbonyl (C=O) groups excluding carboxylic acids is 1. The molecule has 0 N–H and O–H groups in total. The molecule has 0 radical (unpaired) electrons. The zero-order chi connectivity index (χ0) is 25.4. The fraction of sp³-hybridized carbons (Fsp3) is 0.452. The van der Waals surface area contributed by atoms with Crippen LogP contribution in [0.3, 0.4) is 0 Å². The van der Waals surface area contributed by atoms with Gasteiger partial charge in [0.1, 0.15) is 5.54 Å². The molecular formula is C31H38N2O3. The molecule has 1 aromatic carbocycles. The van der Waals surface area contributed by atoms with Crippen molar-refractivity contribution in [1.29, 1.82) is 0 Å². The topological polar surface area (TPSA) is 60.8 Å². The molecule has 2 unspecified atom stereocenters. The molecule has 0 fully saturated rings. The van der Waals surface area contributed by atoms with Crippen LogP contribution in [0.2, 0.25) is 0 Å². The number of allylic oxidation sites excluding steroid dienone is 2. The van der Waals surface area contributed by atoms with Crippen LogP contribution in [0.5, 0.6) is 5.88 Å². The Kier molecular flexibility index (Phi) is 8.74. The van der Waals surface area contributed by atoms with Crippen LogP contribution in [-0.4, -0.2) is 24.0 Å². The van der Waals surface area contributed by atoms with E-state index in [4.69, 9.17) is 19.5 Å².